The van der Waals surface area contributed by atoms with Crippen LogP contribution in [-0.4, -0.2) is 11.2 Å². The molecule has 0 bridgehead atoms. The number of hydrogen-bond acceptors (Lipinski definition) is 4. The second-order valence-electron chi connectivity index (χ2n) is 2.65. The summed E-state index contributed by atoms with van der Waals surface area (Å²) in [4.78, 5) is 8.03. The number of hydrogen-bond donors (Lipinski definition) is 1. The fourth-order valence-electron chi connectivity index (χ4n) is 0.833. The van der Waals surface area contributed by atoms with Crippen LogP contribution in [0.2, 0.25) is 0 Å². The smallest absolute Gasteiger partial charge is 0.151 e. The minimum Gasteiger partial charge on any atom is -0.404 e. The Labute approximate surface area is 88.1 Å². The quantitative estimate of drug-likeness (QED) is 0.593. The van der Waals surface area contributed by atoms with Gasteiger partial charge in [0.05, 0.1) is 5.56 Å². The number of rotatable bonds is 3. The number of nitrogens with two attached hydrogens (primary N) is 1. The van der Waals surface area contributed by atoms with Crippen molar-refractivity contribution in [3.63, 3.8) is 0 Å². The highest BCUT2D eigenvalue weighted by molar-refractivity contribution is 5.83. The van der Waals surface area contributed by atoms with E-state index in [1.165, 1.54) is 12.4 Å². The standard InChI is InChI=1S/C11H10N4/c1-2-9(5-12)7-14-11-4-3-10(6-13)8-15-11/h2-5,7-8H,1,12H2. The molecule has 1 aromatic rings. The van der Waals surface area contributed by atoms with Gasteiger partial charge in [-0.15, -0.1) is 0 Å². The van der Waals surface area contributed by atoms with Crippen molar-refractivity contribution >= 4 is 12.0 Å². The zero-order valence-corrected chi connectivity index (χ0v) is 8.09. The van der Waals surface area contributed by atoms with Crippen molar-refractivity contribution in [2.75, 3.05) is 0 Å². The molecule has 0 fully saturated rings. The molecule has 15 heavy (non-hydrogen) atoms. The molecule has 2 N–H and O–H groups in total. The topological polar surface area (TPSA) is 75.1 Å². The molecule has 1 aromatic heterocycles. The van der Waals surface area contributed by atoms with Crippen LogP contribution >= 0.6 is 0 Å². The minimum absolute atomic E-state index is 0.507. The van der Waals surface area contributed by atoms with E-state index in [1.54, 1.807) is 24.4 Å². The van der Waals surface area contributed by atoms with E-state index in [0.717, 1.165) is 0 Å². The summed E-state index contributed by atoms with van der Waals surface area (Å²) in [5, 5.41) is 8.56. The van der Waals surface area contributed by atoms with Crippen LogP contribution in [0, 0.1) is 11.3 Å². The van der Waals surface area contributed by atoms with Crippen LogP contribution in [0.15, 0.2) is 47.7 Å². The van der Waals surface area contributed by atoms with E-state index in [-0.39, 0.29) is 0 Å². The molecule has 4 nitrogen and oxygen atoms in total. The Morgan fingerprint density at radius 3 is 2.87 bits per heavy atom. The van der Waals surface area contributed by atoms with Crippen LogP contribution in [0.4, 0.5) is 5.82 Å². The number of pyridine rings is 1. The van der Waals surface area contributed by atoms with Gasteiger partial charge in [0.25, 0.3) is 0 Å². The highest BCUT2D eigenvalue weighted by Crippen LogP contribution is 2.07. The van der Waals surface area contributed by atoms with Crippen LogP contribution < -0.4 is 5.73 Å². The lowest BCUT2D eigenvalue weighted by molar-refractivity contribution is 1.26. The molecule has 1 heterocycles. The summed E-state index contributed by atoms with van der Waals surface area (Å²) in [7, 11) is 0. The fourth-order valence-corrected chi connectivity index (χ4v) is 0.833. The summed E-state index contributed by atoms with van der Waals surface area (Å²) in [5.41, 5.74) is 6.52. The first-order valence-corrected chi connectivity index (χ1v) is 4.24. The molecule has 0 atom stereocenters. The molecule has 0 aliphatic carbocycles. The maximum Gasteiger partial charge on any atom is 0.151 e. The van der Waals surface area contributed by atoms with Crippen LogP contribution in [-0.2, 0) is 0 Å². The van der Waals surface area contributed by atoms with E-state index in [9.17, 15) is 0 Å². The molecule has 0 amide bonds. The SMILES string of the molecule is C=CC(C=Nc1ccc(C#N)cn1)=CN. The number of allylic oxidation sites excluding steroid dienone is 2. The van der Waals surface area contributed by atoms with Gasteiger partial charge in [-0.05, 0) is 12.1 Å². The molecule has 74 valence electrons. The lowest BCUT2D eigenvalue weighted by Crippen LogP contribution is -1.86. The first-order valence-electron chi connectivity index (χ1n) is 4.24. The largest absolute Gasteiger partial charge is 0.404 e. The third-order valence-corrected chi connectivity index (χ3v) is 1.65. The highest BCUT2D eigenvalue weighted by Gasteiger charge is 1.91. The molecule has 4 heteroatoms. The van der Waals surface area contributed by atoms with Gasteiger partial charge >= 0.3 is 0 Å². The lowest BCUT2D eigenvalue weighted by atomic mass is 10.3. The summed E-state index contributed by atoms with van der Waals surface area (Å²) in [5.74, 6) is 0.523. The highest BCUT2D eigenvalue weighted by atomic mass is 14.9. The van der Waals surface area contributed by atoms with Crippen LogP contribution in [0.5, 0.6) is 0 Å². The molecule has 0 radical (unpaired) electrons. The Morgan fingerprint density at radius 2 is 2.40 bits per heavy atom. The first kappa shape index (κ1) is 10.7. The number of nitriles is 1. The van der Waals surface area contributed by atoms with Crippen molar-refractivity contribution in [2.45, 2.75) is 0 Å². The van der Waals surface area contributed by atoms with E-state index >= 15 is 0 Å². The van der Waals surface area contributed by atoms with Gasteiger partial charge in [0, 0.05) is 24.2 Å². The number of aliphatic imine (C=N–C) groups is 1. The summed E-state index contributed by atoms with van der Waals surface area (Å²) in [6.45, 7) is 3.57. The van der Waals surface area contributed by atoms with Crippen LogP contribution in [0.3, 0.4) is 0 Å². The van der Waals surface area contributed by atoms with E-state index in [2.05, 4.69) is 16.6 Å². The van der Waals surface area contributed by atoms with Crippen LogP contribution in [0.1, 0.15) is 5.56 Å². The van der Waals surface area contributed by atoms with Crippen molar-refractivity contribution in [1.29, 1.82) is 5.26 Å². The Hall–Kier alpha value is -2.41. The van der Waals surface area contributed by atoms with Gasteiger partial charge in [-0.1, -0.05) is 12.7 Å². The average Bonchev–Trinajstić information content (AvgIpc) is 2.31. The Bertz CT molecular complexity index is 435. The molecule has 0 unspecified atom stereocenters. The Morgan fingerprint density at radius 1 is 1.60 bits per heavy atom. The maximum atomic E-state index is 8.56. The van der Waals surface area contributed by atoms with Gasteiger partial charge in [-0.2, -0.15) is 5.26 Å². The third-order valence-electron chi connectivity index (χ3n) is 1.65. The van der Waals surface area contributed by atoms with Gasteiger partial charge in [0.15, 0.2) is 5.82 Å². The summed E-state index contributed by atoms with van der Waals surface area (Å²) >= 11 is 0. The molecular formula is C11H10N4. The predicted molar refractivity (Wildman–Crippen MR) is 59.6 cm³/mol. The number of aromatic nitrogens is 1. The fraction of sp³-hybridized carbons (Fsp3) is 0. The van der Waals surface area contributed by atoms with Crippen molar-refractivity contribution in [3.8, 4) is 6.07 Å². The first-order chi connectivity index (χ1) is 7.30. The van der Waals surface area contributed by atoms with Crippen molar-refractivity contribution < 1.29 is 0 Å². The van der Waals surface area contributed by atoms with Gasteiger partial charge in [-0.3, -0.25) is 0 Å². The zero-order chi connectivity index (χ0) is 11.1. The number of nitrogens with zero attached hydrogens (tertiary/aromatic N) is 3. The monoisotopic (exact) mass is 198 g/mol. The second kappa shape index (κ2) is 5.35. The minimum atomic E-state index is 0.507. The van der Waals surface area contributed by atoms with Crippen LogP contribution in [0.25, 0.3) is 0 Å². The van der Waals surface area contributed by atoms with Gasteiger partial charge in [-0.25, -0.2) is 9.98 Å². The molecule has 0 aliphatic heterocycles. The molecule has 0 spiro atoms. The van der Waals surface area contributed by atoms with Crippen molar-refractivity contribution in [3.05, 3.63) is 48.3 Å². The Kier molecular flexibility index (Phi) is 3.80. The summed E-state index contributed by atoms with van der Waals surface area (Å²) in [6, 6.07) is 5.29. The van der Waals surface area contributed by atoms with E-state index in [0.29, 0.717) is 17.0 Å². The van der Waals surface area contributed by atoms with E-state index < -0.39 is 0 Å². The average molecular weight is 198 g/mol. The molecule has 0 aliphatic rings. The normalized spacial score (nSPS) is 11.3. The second-order valence-corrected chi connectivity index (χ2v) is 2.65. The summed E-state index contributed by atoms with van der Waals surface area (Å²) in [6.07, 6.45) is 6.01. The molecular weight excluding hydrogens is 188 g/mol. The lowest BCUT2D eigenvalue weighted by Gasteiger charge is -1.92. The summed E-state index contributed by atoms with van der Waals surface area (Å²) < 4.78 is 0. The Balaban J connectivity index is 2.82. The van der Waals surface area contributed by atoms with Crippen molar-refractivity contribution in [2.24, 2.45) is 10.7 Å². The molecule has 0 saturated heterocycles. The van der Waals surface area contributed by atoms with E-state index in [1.807, 2.05) is 6.07 Å². The maximum absolute atomic E-state index is 8.56. The zero-order valence-electron chi connectivity index (χ0n) is 8.09. The van der Waals surface area contributed by atoms with Crippen molar-refractivity contribution in [1.82, 2.24) is 4.98 Å². The predicted octanol–water partition coefficient (Wildman–Crippen LogP) is 1.68. The van der Waals surface area contributed by atoms with E-state index in [4.69, 9.17) is 11.0 Å². The molecule has 1 rings (SSSR count). The molecule has 0 saturated carbocycles. The van der Waals surface area contributed by atoms with Gasteiger partial charge in [0.2, 0.25) is 0 Å². The van der Waals surface area contributed by atoms with Gasteiger partial charge < -0.3 is 5.73 Å². The third kappa shape index (κ3) is 3.08. The molecule has 0 aromatic carbocycles. The van der Waals surface area contributed by atoms with Gasteiger partial charge in [0.1, 0.15) is 6.07 Å².